The largest absolute Gasteiger partial charge is 0.492 e. The summed E-state index contributed by atoms with van der Waals surface area (Å²) in [5.74, 6) is 0.736. The van der Waals surface area contributed by atoms with Gasteiger partial charge in [-0.1, -0.05) is 35.3 Å². The maximum atomic E-state index is 13.6. The molecule has 1 N–H and O–H groups in total. The molecule has 0 heterocycles. The first-order valence-corrected chi connectivity index (χ1v) is 9.54. The molecule has 0 aliphatic carbocycles. The van der Waals surface area contributed by atoms with E-state index >= 15 is 0 Å². The minimum absolute atomic E-state index is 0.136. The van der Waals surface area contributed by atoms with Crippen LogP contribution < -0.4 is 10.1 Å². The molecular formula is C18H18Cl2FNO2S. The van der Waals surface area contributed by atoms with Gasteiger partial charge in [-0.15, -0.1) is 11.8 Å². The Balaban J connectivity index is 1.65. The van der Waals surface area contributed by atoms with Crippen molar-refractivity contribution >= 4 is 40.9 Å². The predicted octanol–water partition coefficient (Wildman–Crippen LogP) is 4.87. The van der Waals surface area contributed by atoms with Crippen LogP contribution in [0.1, 0.15) is 11.1 Å². The zero-order chi connectivity index (χ0) is 18.2. The molecule has 134 valence electrons. The number of thioether (sulfide) groups is 1. The Morgan fingerprint density at radius 3 is 2.76 bits per heavy atom. The van der Waals surface area contributed by atoms with Gasteiger partial charge in [-0.05, 0) is 36.8 Å². The topological polar surface area (TPSA) is 38.3 Å². The summed E-state index contributed by atoms with van der Waals surface area (Å²) in [6.45, 7) is 2.64. The van der Waals surface area contributed by atoms with Crippen LogP contribution in [0.25, 0.3) is 0 Å². The van der Waals surface area contributed by atoms with Crippen LogP contribution in [0.3, 0.4) is 0 Å². The lowest BCUT2D eigenvalue weighted by molar-refractivity contribution is -0.118. The van der Waals surface area contributed by atoms with Gasteiger partial charge in [0, 0.05) is 21.4 Å². The van der Waals surface area contributed by atoms with Crippen molar-refractivity contribution in [3.8, 4) is 5.75 Å². The van der Waals surface area contributed by atoms with E-state index in [0.717, 1.165) is 5.56 Å². The van der Waals surface area contributed by atoms with Crippen molar-refractivity contribution in [1.29, 1.82) is 0 Å². The maximum Gasteiger partial charge on any atom is 0.230 e. The third-order valence-corrected chi connectivity index (χ3v) is 5.10. The van der Waals surface area contributed by atoms with Crippen LogP contribution in [0.4, 0.5) is 4.39 Å². The zero-order valence-corrected chi connectivity index (χ0v) is 16.0. The van der Waals surface area contributed by atoms with Crippen LogP contribution in [0.15, 0.2) is 36.4 Å². The van der Waals surface area contributed by atoms with Crippen molar-refractivity contribution in [2.24, 2.45) is 0 Å². The molecule has 0 aliphatic heterocycles. The van der Waals surface area contributed by atoms with Crippen LogP contribution in [-0.4, -0.2) is 24.8 Å². The Morgan fingerprint density at radius 1 is 1.24 bits per heavy atom. The van der Waals surface area contributed by atoms with Gasteiger partial charge in [-0.3, -0.25) is 4.79 Å². The van der Waals surface area contributed by atoms with Gasteiger partial charge in [-0.25, -0.2) is 4.39 Å². The second-order valence-electron chi connectivity index (χ2n) is 5.30. The lowest BCUT2D eigenvalue weighted by atomic mass is 10.2. The van der Waals surface area contributed by atoms with Gasteiger partial charge in [0.1, 0.15) is 18.2 Å². The van der Waals surface area contributed by atoms with Crippen LogP contribution in [0.5, 0.6) is 5.75 Å². The van der Waals surface area contributed by atoms with Crippen molar-refractivity contribution < 1.29 is 13.9 Å². The molecule has 0 radical (unpaired) electrons. The molecule has 0 saturated carbocycles. The smallest absolute Gasteiger partial charge is 0.230 e. The lowest BCUT2D eigenvalue weighted by Gasteiger charge is -2.09. The second-order valence-corrected chi connectivity index (χ2v) is 7.10. The Morgan fingerprint density at radius 2 is 2.04 bits per heavy atom. The van der Waals surface area contributed by atoms with Crippen molar-refractivity contribution in [1.82, 2.24) is 5.32 Å². The number of amides is 1. The van der Waals surface area contributed by atoms with E-state index in [2.05, 4.69) is 5.32 Å². The first-order valence-electron chi connectivity index (χ1n) is 7.63. The molecule has 0 atom stereocenters. The summed E-state index contributed by atoms with van der Waals surface area (Å²) in [7, 11) is 0. The van der Waals surface area contributed by atoms with E-state index in [9.17, 15) is 9.18 Å². The molecule has 0 aromatic heterocycles. The summed E-state index contributed by atoms with van der Waals surface area (Å²) in [6.07, 6.45) is 0. The van der Waals surface area contributed by atoms with Crippen molar-refractivity contribution in [3.63, 3.8) is 0 Å². The molecule has 0 unspecified atom stereocenters. The highest BCUT2D eigenvalue weighted by Crippen LogP contribution is 2.24. The minimum atomic E-state index is -0.356. The van der Waals surface area contributed by atoms with Crippen molar-refractivity contribution in [2.45, 2.75) is 12.7 Å². The van der Waals surface area contributed by atoms with Crippen LogP contribution >= 0.6 is 35.0 Å². The van der Waals surface area contributed by atoms with Crippen LogP contribution in [0.2, 0.25) is 10.0 Å². The number of aryl methyl sites for hydroxylation is 1. The fourth-order valence-corrected chi connectivity index (χ4v) is 3.36. The van der Waals surface area contributed by atoms with Crippen molar-refractivity contribution in [2.75, 3.05) is 18.9 Å². The third-order valence-electron chi connectivity index (χ3n) is 3.38. The van der Waals surface area contributed by atoms with Gasteiger partial charge in [0.05, 0.1) is 12.3 Å². The van der Waals surface area contributed by atoms with Gasteiger partial charge in [0.25, 0.3) is 0 Å². The molecular weight excluding hydrogens is 384 g/mol. The van der Waals surface area contributed by atoms with E-state index in [4.69, 9.17) is 27.9 Å². The Labute approximate surface area is 160 Å². The molecule has 0 fully saturated rings. The first kappa shape index (κ1) is 19.9. The summed E-state index contributed by atoms with van der Waals surface area (Å²) in [5, 5.41) is 3.77. The molecule has 0 aliphatic rings. The molecule has 25 heavy (non-hydrogen) atoms. The standard InChI is InChI=1S/C18H18Cl2FNO2S/c1-12-5-6-13(9-16(12)20)24-8-7-22-18(23)11-25-10-14-15(19)3-2-4-17(14)21/h2-6,9H,7-8,10-11H2,1H3,(H,22,23). The highest BCUT2D eigenvalue weighted by Gasteiger charge is 2.08. The Bertz CT molecular complexity index is 723. The SMILES string of the molecule is Cc1ccc(OCCNC(=O)CSCc2c(F)cccc2Cl)cc1Cl. The normalized spacial score (nSPS) is 10.6. The summed E-state index contributed by atoms with van der Waals surface area (Å²) in [6, 6.07) is 10.00. The summed E-state index contributed by atoms with van der Waals surface area (Å²) < 4.78 is 19.1. The lowest BCUT2D eigenvalue weighted by Crippen LogP contribution is -2.29. The van der Waals surface area contributed by atoms with E-state index in [0.29, 0.717) is 40.3 Å². The maximum absolute atomic E-state index is 13.6. The molecule has 7 heteroatoms. The van der Waals surface area contributed by atoms with Crippen molar-refractivity contribution in [3.05, 3.63) is 63.4 Å². The van der Waals surface area contributed by atoms with Crippen LogP contribution in [-0.2, 0) is 10.5 Å². The third kappa shape index (κ3) is 6.42. The molecule has 2 rings (SSSR count). The number of carbonyl (C=O) groups is 1. The average molecular weight is 402 g/mol. The zero-order valence-electron chi connectivity index (χ0n) is 13.7. The number of ether oxygens (including phenoxy) is 1. The molecule has 1 amide bonds. The van der Waals surface area contributed by atoms with Gasteiger partial charge in [0.2, 0.25) is 5.91 Å². The number of halogens is 3. The minimum Gasteiger partial charge on any atom is -0.492 e. The summed E-state index contributed by atoms with van der Waals surface area (Å²) in [4.78, 5) is 11.8. The molecule has 0 bridgehead atoms. The van der Waals surface area contributed by atoms with Gasteiger partial charge >= 0.3 is 0 Å². The van der Waals surface area contributed by atoms with E-state index in [1.165, 1.54) is 17.8 Å². The number of nitrogens with one attached hydrogen (secondary N) is 1. The molecule has 0 spiro atoms. The van der Waals surface area contributed by atoms with Gasteiger partial charge in [0.15, 0.2) is 0 Å². The Kier molecular flexibility index (Phi) is 7.88. The van der Waals surface area contributed by atoms with E-state index in [1.807, 2.05) is 19.1 Å². The van der Waals surface area contributed by atoms with E-state index < -0.39 is 0 Å². The summed E-state index contributed by atoms with van der Waals surface area (Å²) in [5.41, 5.74) is 1.40. The number of rotatable bonds is 8. The Hall–Kier alpha value is -1.43. The highest BCUT2D eigenvalue weighted by molar-refractivity contribution is 7.99. The molecule has 2 aromatic rings. The summed E-state index contributed by atoms with van der Waals surface area (Å²) >= 11 is 13.3. The molecule has 2 aromatic carbocycles. The first-order chi connectivity index (χ1) is 12.0. The number of hydrogen-bond donors (Lipinski definition) is 1. The fraction of sp³-hybridized carbons (Fsp3) is 0.278. The number of hydrogen-bond acceptors (Lipinski definition) is 3. The monoisotopic (exact) mass is 401 g/mol. The predicted molar refractivity (Wildman–Crippen MR) is 102 cm³/mol. The number of benzene rings is 2. The fourth-order valence-electron chi connectivity index (χ4n) is 1.99. The van der Waals surface area contributed by atoms with Gasteiger partial charge < -0.3 is 10.1 Å². The quantitative estimate of drug-likeness (QED) is 0.641. The number of carbonyl (C=O) groups excluding carboxylic acids is 1. The second kappa shape index (κ2) is 9.90. The average Bonchev–Trinajstić information content (AvgIpc) is 2.57. The van der Waals surface area contributed by atoms with E-state index in [-0.39, 0.29) is 17.5 Å². The van der Waals surface area contributed by atoms with Gasteiger partial charge in [-0.2, -0.15) is 0 Å². The van der Waals surface area contributed by atoms with E-state index in [1.54, 1.807) is 18.2 Å². The highest BCUT2D eigenvalue weighted by atomic mass is 35.5. The molecule has 3 nitrogen and oxygen atoms in total. The van der Waals surface area contributed by atoms with Crippen LogP contribution in [0, 0.1) is 12.7 Å². The molecule has 0 saturated heterocycles.